The highest BCUT2D eigenvalue weighted by Crippen LogP contribution is 2.14. The van der Waals surface area contributed by atoms with Crippen LogP contribution in [0.15, 0.2) is 12.4 Å². The van der Waals surface area contributed by atoms with Crippen molar-refractivity contribution in [1.29, 1.82) is 0 Å². The molecule has 114 valence electrons. The van der Waals surface area contributed by atoms with Crippen LogP contribution in [-0.4, -0.2) is 72.4 Å². The van der Waals surface area contributed by atoms with Gasteiger partial charge in [-0.3, -0.25) is 4.68 Å². The Hall–Kier alpha value is -0.910. The van der Waals surface area contributed by atoms with Crippen molar-refractivity contribution in [1.82, 2.24) is 24.9 Å². The van der Waals surface area contributed by atoms with Gasteiger partial charge in [-0.25, -0.2) is 0 Å². The molecule has 1 aliphatic heterocycles. The Morgan fingerprint density at radius 3 is 2.85 bits per heavy atom. The molecule has 1 aromatic rings. The fraction of sp³-hybridized carbons (Fsp3) is 0.800. The average molecular weight is 279 g/mol. The van der Waals surface area contributed by atoms with E-state index in [1.165, 1.54) is 25.1 Å². The van der Waals surface area contributed by atoms with Gasteiger partial charge in [0.2, 0.25) is 0 Å². The second kappa shape index (κ2) is 7.20. The largest absolute Gasteiger partial charge is 0.315 e. The first-order valence-electron chi connectivity index (χ1n) is 7.71. The summed E-state index contributed by atoms with van der Waals surface area (Å²) in [6.45, 7) is 6.58. The van der Waals surface area contributed by atoms with Crippen molar-refractivity contribution in [2.24, 2.45) is 0 Å². The monoisotopic (exact) mass is 279 g/mol. The molecule has 2 heterocycles. The lowest BCUT2D eigenvalue weighted by atomic mass is 10.00. The van der Waals surface area contributed by atoms with Crippen molar-refractivity contribution < 1.29 is 0 Å². The number of nitrogens with one attached hydrogen (secondary N) is 1. The van der Waals surface area contributed by atoms with Gasteiger partial charge in [0.1, 0.15) is 0 Å². The maximum Gasteiger partial charge on any atom is 0.0522 e. The zero-order valence-electron chi connectivity index (χ0n) is 13.3. The Morgan fingerprint density at radius 1 is 1.40 bits per heavy atom. The first-order valence-corrected chi connectivity index (χ1v) is 7.71. The summed E-state index contributed by atoms with van der Waals surface area (Å²) in [5.41, 5.74) is 1.33. The lowest BCUT2D eigenvalue weighted by molar-refractivity contribution is 0.181. The number of hydrogen-bond acceptors (Lipinski definition) is 4. The van der Waals surface area contributed by atoms with E-state index in [0.29, 0.717) is 12.1 Å². The summed E-state index contributed by atoms with van der Waals surface area (Å²) >= 11 is 0. The molecule has 2 rings (SSSR count). The third-order valence-corrected chi connectivity index (χ3v) is 4.42. The standard InChI is InChI=1S/C15H29N5/c1-5-20-11-13(10-17-20)9-14(16-2)15-12-18(3)7-6-8-19(15)4/h10-11,14-16H,5-9,12H2,1-4H3. The van der Waals surface area contributed by atoms with Gasteiger partial charge in [-0.05, 0) is 59.6 Å². The van der Waals surface area contributed by atoms with Crippen LogP contribution in [0.3, 0.4) is 0 Å². The topological polar surface area (TPSA) is 36.3 Å². The normalized spacial score (nSPS) is 23.7. The predicted octanol–water partition coefficient (Wildman–Crippen LogP) is 0.669. The first-order chi connectivity index (χ1) is 9.63. The number of likely N-dealkylation sites (N-methyl/N-ethyl adjacent to an activating group) is 3. The molecule has 2 atom stereocenters. The lowest BCUT2D eigenvalue weighted by Gasteiger charge is -2.34. The zero-order chi connectivity index (χ0) is 14.5. The second-order valence-corrected chi connectivity index (χ2v) is 5.97. The zero-order valence-corrected chi connectivity index (χ0v) is 13.3. The Morgan fingerprint density at radius 2 is 2.20 bits per heavy atom. The minimum absolute atomic E-state index is 0.468. The van der Waals surface area contributed by atoms with Crippen LogP contribution in [0.1, 0.15) is 18.9 Å². The molecule has 1 saturated heterocycles. The van der Waals surface area contributed by atoms with Crippen LogP contribution in [0.4, 0.5) is 0 Å². The molecule has 5 nitrogen and oxygen atoms in total. The summed E-state index contributed by atoms with van der Waals surface area (Å²) in [6.07, 6.45) is 6.48. The van der Waals surface area contributed by atoms with Gasteiger partial charge < -0.3 is 15.1 Å². The maximum absolute atomic E-state index is 4.38. The maximum atomic E-state index is 4.38. The molecule has 1 fully saturated rings. The summed E-state index contributed by atoms with van der Waals surface area (Å²) in [5.74, 6) is 0. The quantitative estimate of drug-likeness (QED) is 0.859. The predicted molar refractivity (Wildman–Crippen MR) is 83.0 cm³/mol. The van der Waals surface area contributed by atoms with Crippen molar-refractivity contribution in [3.63, 3.8) is 0 Å². The molecule has 0 bridgehead atoms. The van der Waals surface area contributed by atoms with Crippen molar-refractivity contribution >= 4 is 0 Å². The fourth-order valence-corrected chi connectivity index (χ4v) is 3.11. The van der Waals surface area contributed by atoms with E-state index >= 15 is 0 Å². The summed E-state index contributed by atoms with van der Waals surface area (Å²) in [6, 6.07) is 1.02. The van der Waals surface area contributed by atoms with Crippen LogP contribution >= 0.6 is 0 Å². The van der Waals surface area contributed by atoms with E-state index in [1.807, 2.05) is 10.9 Å². The first kappa shape index (κ1) is 15.5. The van der Waals surface area contributed by atoms with Gasteiger partial charge in [-0.15, -0.1) is 0 Å². The van der Waals surface area contributed by atoms with E-state index in [4.69, 9.17) is 0 Å². The molecule has 0 radical (unpaired) electrons. The van der Waals surface area contributed by atoms with Crippen LogP contribution in [0.5, 0.6) is 0 Å². The Labute approximate surface area is 122 Å². The Kier molecular flexibility index (Phi) is 5.57. The van der Waals surface area contributed by atoms with E-state index in [1.54, 1.807) is 0 Å². The summed E-state index contributed by atoms with van der Waals surface area (Å²) in [7, 11) is 6.56. The van der Waals surface area contributed by atoms with E-state index in [0.717, 1.165) is 19.5 Å². The van der Waals surface area contributed by atoms with Gasteiger partial charge in [-0.2, -0.15) is 5.10 Å². The number of rotatable bonds is 5. The molecule has 20 heavy (non-hydrogen) atoms. The Bertz CT molecular complexity index is 403. The van der Waals surface area contributed by atoms with Crippen molar-refractivity contribution in [2.75, 3.05) is 40.8 Å². The Balaban J connectivity index is 2.05. The van der Waals surface area contributed by atoms with Gasteiger partial charge in [0.25, 0.3) is 0 Å². The fourth-order valence-electron chi connectivity index (χ4n) is 3.11. The molecule has 0 saturated carbocycles. The molecule has 2 unspecified atom stereocenters. The van der Waals surface area contributed by atoms with Crippen molar-refractivity contribution in [3.05, 3.63) is 18.0 Å². The van der Waals surface area contributed by atoms with Crippen LogP contribution in [0.2, 0.25) is 0 Å². The van der Waals surface area contributed by atoms with E-state index in [2.05, 4.69) is 54.5 Å². The van der Waals surface area contributed by atoms with Gasteiger partial charge in [0, 0.05) is 31.4 Å². The highest BCUT2D eigenvalue weighted by atomic mass is 15.3. The molecule has 1 aliphatic rings. The molecule has 5 heteroatoms. The van der Waals surface area contributed by atoms with Crippen molar-refractivity contribution in [3.8, 4) is 0 Å². The SMILES string of the molecule is CCn1cc(CC(NC)C2CN(C)CCCN2C)cn1. The van der Waals surface area contributed by atoms with E-state index in [9.17, 15) is 0 Å². The van der Waals surface area contributed by atoms with Gasteiger partial charge in [-0.1, -0.05) is 0 Å². The van der Waals surface area contributed by atoms with Crippen LogP contribution in [0, 0.1) is 0 Å². The van der Waals surface area contributed by atoms with E-state index in [-0.39, 0.29) is 0 Å². The molecule has 1 N–H and O–H groups in total. The third kappa shape index (κ3) is 3.81. The van der Waals surface area contributed by atoms with E-state index < -0.39 is 0 Å². The molecule has 0 amide bonds. The van der Waals surface area contributed by atoms with Gasteiger partial charge >= 0.3 is 0 Å². The lowest BCUT2D eigenvalue weighted by Crippen LogP contribution is -2.52. The number of aromatic nitrogens is 2. The van der Waals surface area contributed by atoms with Crippen LogP contribution < -0.4 is 5.32 Å². The summed E-state index contributed by atoms with van der Waals surface area (Å²) < 4.78 is 2.00. The van der Waals surface area contributed by atoms with Gasteiger partial charge in [0.05, 0.1) is 6.20 Å². The average Bonchev–Trinajstić information content (AvgIpc) is 2.83. The highest BCUT2D eigenvalue weighted by molar-refractivity contribution is 5.08. The number of aryl methyl sites for hydroxylation is 1. The molecule has 0 spiro atoms. The van der Waals surface area contributed by atoms with Crippen molar-refractivity contribution in [2.45, 2.75) is 38.4 Å². The molecule has 0 aromatic carbocycles. The highest BCUT2D eigenvalue weighted by Gasteiger charge is 2.27. The summed E-state index contributed by atoms with van der Waals surface area (Å²) in [5, 5.41) is 7.91. The molecular weight excluding hydrogens is 250 g/mol. The molecule has 1 aromatic heterocycles. The summed E-state index contributed by atoms with van der Waals surface area (Å²) in [4.78, 5) is 4.96. The minimum Gasteiger partial charge on any atom is -0.315 e. The minimum atomic E-state index is 0.468. The molecular formula is C15H29N5. The second-order valence-electron chi connectivity index (χ2n) is 5.97. The smallest absolute Gasteiger partial charge is 0.0522 e. The number of nitrogens with zero attached hydrogens (tertiary/aromatic N) is 4. The van der Waals surface area contributed by atoms with Gasteiger partial charge in [0.15, 0.2) is 0 Å². The van der Waals surface area contributed by atoms with Crippen LogP contribution in [0.25, 0.3) is 0 Å². The third-order valence-electron chi connectivity index (χ3n) is 4.42. The molecule has 0 aliphatic carbocycles. The van der Waals surface area contributed by atoms with Crippen LogP contribution in [-0.2, 0) is 13.0 Å². The number of hydrogen-bond donors (Lipinski definition) is 1.